The Morgan fingerprint density at radius 2 is 1.81 bits per heavy atom. The lowest BCUT2D eigenvalue weighted by atomic mass is 9.92. The van der Waals surface area contributed by atoms with Gasteiger partial charge in [0.1, 0.15) is 0 Å². The van der Waals surface area contributed by atoms with Gasteiger partial charge in [-0.05, 0) is 43.8 Å². The zero-order valence-electron chi connectivity index (χ0n) is 11.0. The molecule has 0 spiro atoms. The van der Waals surface area contributed by atoms with Gasteiger partial charge in [-0.25, -0.2) is 0 Å². The number of carbonyl (C=O) groups is 1. The van der Waals surface area contributed by atoms with E-state index in [9.17, 15) is 4.79 Å². The van der Waals surface area contributed by atoms with Gasteiger partial charge in [-0.1, -0.05) is 38.5 Å². The number of carbonyl (C=O) groups excluding carboxylic acids is 1. The van der Waals surface area contributed by atoms with E-state index < -0.39 is 0 Å². The fourth-order valence-corrected chi connectivity index (χ4v) is 1.64. The summed E-state index contributed by atoms with van der Waals surface area (Å²) in [4.78, 5) is 12.2. The molecule has 16 heavy (non-hydrogen) atoms. The highest BCUT2D eigenvalue weighted by molar-refractivity contribution is 6.08. The Labute approximate surface area is 99.9 Å². The summed E-state index contributed by atoms with van der Waals surface area (Å²) >= 11 is 0. The minimum atomic E-state index is 0.209. The van der Waals surface area contributed by atoms with Crippen LogP contribution in [0.3, 0.4) is 0 Å². The van der Waals surface area contributed by atoms with Crippen molar-refractivity contribution in [1.82, 2.24) is 0 Å². The Balaban J connectivity index is 4.72. The molecule has 0 saturated carbocycles. The molecule has 0 aromatic carbocycles. The Kier molecular flexibility index (Phi) is 7.53. The summed E-state index contributed by atoms with van der Waals surface area (Å²) in [6, 6.07) is 0. The van der Waals surface area contributed by atoms with E-state index in [0.29, 0.717) is 5.92 Å². The highest BCUT2D eigenvalue weighted by atomic mass is 16.1. The van der Waals surface area contributed by atoms with Crippen molar-refractivity contribution in [2.45, 2.75) is 47.0 Å². The maximum Gasteiger partial charge on any atom is 0.184 e. The number of Topliss-reactive ketones (excluding diaryl/α,β-unsaturated/α-hetero) is 1. The molecule has 90 valence electrons. The van der Waals surface area contributed by atoms with Crippen LogP contribution in [-0.4, -0.2) is 5.78 Å². The molecular formula is C15H24O. The van der Waals surface area contributed by atoms with Crippen molar-refractivity contribution < 1.29 is 4.79 Å². The monoisotopic (exact) mass is 220 g/mol. The molecule has 0 heterocycles. The molecule has 1 nitrogen and oxygen atoms in total. The first kappa shape index (κ1) is 14.9. The Hall–Kier alpha value is -1.11. The van der Waals surface area contributed by atoms with Crippen molar-refractivity contribution in [3.8, 4) is 0 Å². The van der Waals surface area contributed by atoms with E-state index >= 15 is 0 Å². The van der Waals surface area contributed by atoms with Crippen molar-refractivity contribution in [2.75, 3.05) is 0 Å². The maximum atomic E-state index is 12.2. The summed E-state index contributed by atoms with van der Waals surface area (Å²) in [5.41, 5.74) is 1.85. The van der Waals surface area contributed by atoms with Crippen LogP contribution < -0.4 is 0 Å². The van der Waals surface area contributed by atoms with E-state index in [4.69, 9.17) is 0 Å². The summed E-state index contributed by atoms with van der Waals surface area (Å²) in [5.74, 6) is 0.565. The van der Waals surface area contributed by atoms with E-state index in [1.54, 1.807) is 0 Å². The third-order valence-corrected chi connectivity index (χ3v) is 2.74. The minimum absolute atomic E-state index is 0.209. The van der Waals surface area contributed by atoms with Crippen molar-refractivity contribution in [3.63, 3.8) is 0 Å². The molecule has 1 heteroatoms. The molecule has 0 aromatic heterocycles. The quantitative estimate of drug-likeness (QED) is 0.457. The third kappa shape index (κ3) is 4.61. The maximum absolute atomic E-state index is 12.2. The Bertz CT molecular complexity index is 295. The molecule has 0 amide bonds. The van der Waals surface area contributed by atoms with E-state index in [2.05, 4.69) is 20.4 Å². The average molecular weight is 220 g/mol. The van der Waals surface area contributed by atoms with Gasteiger partial charge in [0.2, 0.25) is 0 Å². The van der Waals surface area contributed by atoms with Crippen LogP contribution in [0.4, 0.5) is 0 Å². The van der Waals surface area contributed by atoms with Crippen LogP contribution in [0.15, 0.2) is 36.0 Å². The number of hydrogen-bond acceptors (Lipinski definition) is 1. The van der Waals surface area contributed by atoms with Gasteiger partial charge in [-0.3, -0.25) is 4.79 Å². The molecule has 0 fully saturated rings. The zero-order valence-corrected chi connectivity index (χ0v) is 11.0. The molecule has 0 saturated heterocycles. The van der Waals surface area contributed by atoms with Crippen LogP contribution in [0.2, 0.25) is 0 Å². The number of hydrogen-bond donors (Lipinski definition) is 0. The van der Waals surface area contributed by atoms with Crippen molar-refractivity contribution in [3.05, 3.63) is 36.0 Å². The Morgan fingerprint density at radius 1 is 1.25 bits per heavy atom. The van der Waals surface area contributed by atoms with Crippen LogP contribution in [-0.2, 0) is 4.79 Å². The second-order valence-corrected chi connectivity index (χ2v) is 4.12. The van der Waals surface area contributed by atoms with Gasteiger partial charge < -0.3 is 0 Å². The topological polar surface area (TPSA) is 17.1 Å². The first-order valence-electron chi connectivity index (χ1n) is 6.08. The summed E-state index contributed by atoms with van der Waals surface area (Å²) in [5, 5.41) is 0. The predicted octanol–water partition coefficient (Wildman–Crippen LogP) is 4.46. The highest BCUT2D eigenvalue weighted by Crippen LogP contribution is 2.19. The van der Waals surface area contributed by atoms with Gasteiger partial charge in [0, 0.05) is 0 Å². The second-order valence-electron chi connectivity index (χ2n) is 4.12. The van der Waals surface area contributed by atoms with E-state index in [1.165, 1.54) is 0 Å². The van der Waals surface area contributed by atoms with Gasteiger partial charge in [0.15, 0.2) is 5.78 Å². The first-order valence-corrected chi connectivity index (χ1v) is 6.08. The van der Waals surface area contributed by atoms with Crippen LogP contribution in [0, 0.1) is 5.92 Å². The van der Waals surface area contributed by atoms with Gasteiger partial charge in [-0.15, -0.1) is 6.58 Å². The molecule has 0 bridgehead atoms. The highest BCUT2D eigenvalue weighted by Gasteiger charge is 2.14. The zero-order chi connectivity index (χ0) is 12.6. The lowest BCUT2D eigenvalue weighted by Gasteiger charge is -2.11. The molecule has 0 aliphatic rings. The van der Waals surface area contributed by atoms with Gasteiger partial charge in [0.05, 0.1) is 0 Å². The molecule has 1 unspecified atom stereocenters. The normalized spacial score (nSPS) is 14.8. The van der Waals surface area contributed by atoms with Gasteiger partial charge in [-0.2, -0.15) is 0 Å². The standard InChI is InChI=1S/C15H24O/c1-6-10-13(8-3)15(16)14(9-4)11-12(5)7-2/h7-9,12H,2,6,10-11H2,1,3-5H3. The SMILES string of the molecule is C=CC(C)CC(=CC)C(=O)C(=CC)CCC. The predicted molar refractivity (Wildman–Crippen MR) is 71.4 cm³/mol. The van der Waals surface area contributed by atoms with Gasteiger partial charge in [0.25, 0.3) is 0 Å². The lowest BCUT2D eigenvalue weighted by molar-refractivity contribution is -0.112. The molecule has 0 rings (SSSR count). The van der Waals surface area contributed by atoms with E-state index in [0.717, 1.165) is 30.4 Å². The van der Waals surface area contributed by atoms with Crippen LogP contribution in [0.1, 0.15) is 47.0 Å². The van der Waals surface area contributed by atoms with Crippen molar-refractivity contribution >= 4 is 5.78 Å². The van der Waals surface area contributed by atoms with Crippen LogP contribution >= 0.6 is 0 Å². The third-order valence-electron chi connectivity index (χ3n) is 2.74. The smallest absolute Gasteiger partial charge is 0.184 e. The molecule has 0 aliphatic heterocycles. The first-order chi connectivity index (χ1) is 7.60. The lowest BCUT2D eigenvalue weighted by Crippen LogP contribution is -2.09. The fraction of sp³-hybridized carbons (Fsp3) is 0.533. The van der Waals surface area contributed by atoms with Crippen molar-refractivity contribution in [2.24, 2.45) is 5.92 Å². The van der Waals surface area contributed by atoms with E-state index in [-0.39, 0.29) is 5.78 Å². The number of rotatable bonds is 7. The summed E-state index contributed by atoms with van der Waals surface area (Å²) < 4.78 is 0. The summed E-state index contributed by atoms with van der Waals surface area (Å²) in [6.07, 6.45) is 8.44. The molecule has 0 radical (unpaired) electrons. The molecule has 0 aromatic rings. The molecule has 0 aliphatic carbocycles. The number of allylic oxidation sites excluding steroid dienone is 5. The summed E-state index contributed by atoms with van der Waals surface area (Å²) in [6.45, 7) is 11.8. The van der Waals surface area contributed by atoms with Crippen LogP contribution in [0.25, 0.3) is 0 Å². The van der Waals surface area contributed by atoms with E-state index in [1.807, 2.05) is 32.1 Å². The van der Waals surface area contributed by atoms with Crippen molar-refractivity contribution in [1.29, 1.82) is 0 Å². The number of ketones is 1. The molecule has 0 N–H and O–H groups in total. The average Bonchev–Trinajstić information content (AvgIpc) is 2.31. The molecule has 1 atom stereocenters. The summed E-state index contributed by atoms with van der Waals surface area (Å²) in [7, 11) is 0. The Morgan fingerprint density at radius 3 is 2.19 bits per heavy atom. The minimum Gasteiger partial charge on any atom is -0.289 e. The second kappa shape index (κ2) is 8.09. The largest absolute Gasteiger partial charge is 0.289 e. The van der Waals surface area contributed by atoms with Crippen LogP contribution in [0.5, 0.6) is 0 Å². The van der Waals surface area contributed by atoms with Gasteiger partial charge >= 0.3 is 0 Å². The fourth-order valence-electron chi connectivity index (χ4n) is 1.64. The molecular weight excluding hydrogens is 196 g/mol.